The number of carbonyl (C=O) groups is 2. The lowest BCUT2D eigenvalue weighted by Crippen LogP contribution is -2.34. The number of ketones is 1. The lowest BCUT2D eigenvalue weighted by atomic mass is 9.61. The maximum absolute atomic E-state index is 12.8. The van der Waals surface area contributed by atoms with Crippen molar-refractivity contribution in [3.05, 3.63) is 34.9 Å². The van der Waals surface area contributed by atoms with Crippen LogP contribution in [-0.2, 0) is 20.4 Å². The van der Waals surface area contributed by atoms with Crippen LogP contribution in [-0.4, -0.2) is 25.6 Å². The van der Waals surface area contributed by atoms with E-state index in [1.807, 2.05) is 12.1 Å². The molecular formula is C20H28BO3. The molecule has 1 aromatic rings. The molecule has 0 saturated carbocycles. The molecule has 1 aliphatic rings. The maximum Gasteiger partial charge on any atom is 0.308 e. The zero-order chi connectivity index (χ0) is 18.1. The maximum atomic E-state index is 12.8. The fourth-order valence-electron chi connectivity index (χ4n) is 3.55. The van der Waals surface area contributed by atoms with Crippen LogP contribution in [0.3, 0.4) is 0 Å². The number of fused-ring (bicyclic) bond motifs is 1. The molecule has 0 aromatic heterocycles. The fraction of sp³-hybridized carbons (Fsp3) is 0.600. The molecule has 0 spiro atoms. The SMILES string of the molecule is C[B]C(C(=O)OCC)C(=O)c1ccc2c(c1)C(C)(C)CCC2(C)C. The second-order valence-corrected chi connectivity index (χ2v) is 7.96. The van der Waals surface area contributed by atoms with Gasteiger partial charge in [0, 0.05) is 5.56 Å². The highest BCUT2D eigenvalue weighted by Crippen LogP contribution is 2.46. The van der Waals surface area contributed by atoms with Crippen LogP contribution in [0.4, 0.5) is 0 Å². The molecule has 0 N–H and O–H groups in total. The zero-order valence-corrected chi connectivity index (χ0v) is 15.7. The second kappa shape index (κ2) is 6.74. The average Bonchev–Trinajstić information content (AvgIpc) is 2.52. The number of benzene rings is 1. The Bertz CT molecular complexity index is 646. The molecule has 4 heteroatoms. The molecule has 0 aliphatic heterocycles. The van der Waals surface area contributed by atoms with Crippen LogP contribution >= 0.6 is 0 Å². The summed E-state index contributed by atoms with van der Waals surface area (Å²) in [6.45, 7) is 12.7. The van der Waals surface area contributed by atoms with E-state index in [2.05, 4.69) is 33.8 Å². The van der Waals surface area contributed by atoms with Crippen molar-refractivity contribution in [1.82, 2.24) is 0 Å². The average molecular weight is 327 g/mol. The smallest absolute Gasteiger partial charge is 0.308 e. The molecule has 2 rings (SSSR count). The summed E-state index contributed by atoms with van der Waals surface area (Å²) in [6, 6.07) is 5.93. The van der Waals surface area contributed by atoms with Crippen molar-refractivity contribution in [2.45, 2.75) is 70.9 Å². The number of hydrogen-bond donors (Lipinski definition) is 0. The fourth-order valence-corrected chi connectivity index (χ4v) is 3.55. The van der Waals surface area contributed by atoms with Crippen LogP contribution < -0.4 is 0 Å². The number of hydrogen-bond acceptors (Lipinski definition) is 3. The lowest BCUT2D eigenvalue weighted by molar-refractivity contribution is -0.141. The molecule has 0 fully saturated rings. The molecule has 1 unspecified atom stereocenters. The van der Waals surface area contributed by atoms with Crippen LogP contribution in [0.5, 0.6) is 0 Å². The first-order valence-electron chi connectivity index (χ1n) is 8.79. The Balaban J connectivity index is 2.43. The van der Waals surface area contributed by atoms with Gasteiger partial charge in [0.1, 0.15) is 7.28 Å². The van der Waals surface area contributed by atoms with Crippen LogP contribution in [0.15, 0.2) is 18.2 Å². The van der Waals surface area contributed by atoms with Crippen molar-refractivity contribution in [2.24, 2.45) is 0 Å². The van der Waals surface area contributed by atoms with Gasteiger partial charge in [0.15, 0.2) is 5.78 Å². The van der Waals surface area contributed by atoms with E-state index in [1.54, 1.807) is 21.0 Å². The number of ether oxygens (including phenoxy) is 1. The van der Waals surface area contributed by atoms with E-state index in [9.17, 15) is 9.59 Å². The topological polar surface area (TPSA) is 43.4 Å². The van der Waals surface area contributed by atoms with E-state index < -0.39 is 11.8 Å². The van der Waals surface area contributed by atoms with Gasteiger partial charge in [-0.05, 0) is 47.8 Å². The van der Waals surface area contributed by atoms with Crippen molar-refractivity contribution in [1.29, 1.82) is 0 Å². The van der Waals surface area contributed by atoms with Crippen molar-refractivity contribution < 1.29 is 14.3 Å². The number of esters is 1. The molecule has 129 valence electrons. The van der Waals surface area contributed by atoms with E-state index in [0.717, 1.165) is 12.8 Å². The predicted molar refractivity (Wildman–Crippen MR) is 98.1 cm³/mol. The van der Waals surface area contributed by atoms with E-state index >= 15 is 0 Å². The van der Waals surface area contributed by atoms with Crippen LogP contribution in [0.25, 0.3) is 0 Å². The molecule has 1 atom stereocenters. The Morgan fingerprint density at radius 1 is 1.12 bits per heavy atom. The first kappa shape index (κ1) is 18.8. The van der Waals surface area contributed by atoms with Gasteiger partial charge < -0.3 is 4.74 Å². The molecule has 0 amide bonds. The van der Waals surface area contributed by atoms with Crippen molar-refractivity contribution in [3.8, 4) is 0 Å². The van der Waals surface area contributed by atoms with Crippen LogP contribution in [0.2, 0.25) is 12.6 Å². The summed E-state index contributed by atoms with van der Waals surface area (Å²) >= 11 is 0. The third-order valence-electron chi connectivity index (χ3n) is 5.29. The molecule has 0 heterocycles. The Labute approximate surface area is 146 Å². The van der Waals surface area contributed by atoms with Gasteiger partial charge in [-0.3, -0.25) is 9.59 Å². The predicted octanol–water partition coefficient (Wildman–Crippen LogP) is 4.32. The largest absolute Gasteiger partial charge is 0.466 e. The molecule has 1 radical (unpaired) electrons. The van der Waals surface area contributed by atoms with Crippen molar-refractivity contribution in [3.63, 3.8) is 0 Å². The third kappa shape index (κ3) is 3.43. The van der Waals surface area contributed by atoms with Crippen molar-refractivity contribution in [2.75, 3.05) is 6.61 Å². The van der Waals surface area contributed by atoms with Gasteiger partial charge in [-0.1, -0.05) is 46.7 Å². The number of carbonyl (C=O) groups excluding carboxylic acids is 2. The van der Waals surface area contributed by atoms with Gasteiger partial charge in [0.2, 0.25) is 0 Å². The summed E-state index contributed by atoms with van der Waals surface area (Å²) in [5.74, 6) is -1.48. The summed E-state index contributed by atoms with van der Waals surface area (Å²) in [5.41, 5.74) is 3.28. The van der Waals surface area contributed by atoms with Gasteiger partial charge in [-0.15, -0.1) is 0 Å². The Morgan fingerprint density at radius 3 is 2.25 bits per heavy atom. The Morgan fingerprint density at radius 2 is 1.71 bits per heavy atom. The zero-order valence-electron chi connectivity index (χ0n) is 15.7. The highest BCUT2D eigenvalue weighted by Gasteiger charge is 2.38. The minimum Gasteiger partial charge on any atom is -0.466 e. The third-order valence-corrected chi connectivity index (χ3v) is 5.29. The van der Waals surface area contributed by atoms with Gasteiger partial charge in [-0.25, -0.2) is 0 Å². The first-order valence-corrected chi connectivity index (χ1v) is 8.79. The molecule has 0 bridgehead atoms. The molecule has 1 aromatic carbocycles. The molecule has 24 heavy (non-hydrogen) atoms. The molecule has 1 aliphatic carbocycles. The summed E-state index contributed by atoms with van der Waals surface area (Å²) in [5, 5.41) is 0. The Hall–Kier alpha value is -1.58. The van der Waals surface area contributed by atoms with Gasteiger partial charge >= 0.3 is 5.97 Å². The van der Waals surface area contributed by atoms with E-state index in [4.69, 9.17) is 4.74 Å². The monoisotopic (exact) mass is 327 g/mol. The first-order chi connectivity index (χ1) is 11.1. The molecule has 3 nitrogen and oxygen atoms in total. The Kier molecular flexibility index (Phi) is 5.27. The van der Waals surface area contributed by atoms with E-state index in [-0.39, 0.29) is 23.2 Å². The highest BCUT2D eigenvalue weighted by molar-refractivity contribution is 6.51. The van der Waals surface area contributed by atoms with E-state index in [0.29, 0.717) is 5.56 Å². The van der Waals surface area contributed by atoms with Crippen LogP contribution in [0.1, 0.15) is 68.9 Å². The van der Waals surface area contributed by atoms with Gasteiger partial charge in [0.05, 0.1) is 12.4 Å². The quantitative estimate of drug-likeness (QED) is 0.350. The number of Topliss-reactive ketones (excluding diaryl/α,β-unsaturated/α-hetero) is 1. The lowest BCUT2D eigenvalue weighted by Gasteiger charge is -2.42. The number of rotatable bonds is 5. The summed E-state index contributed by atoms with van der Waals surface area (Å²) in [7, 11) is 1.62. The summed E-state index contributed by atoms with van der Waals surface area (Å²) in [6.07, 6.45) is 2.22. The molecule has 0 saturated heterocycles. The summed E-state index contributed by atoms with van der Waals surface area (Å²) < 4.78 is 5.03. The molecular weight excluding hydrogens is 299 g/mol. The second-order valence-electron chi connectivity index (χ2n) is 7.96. The van der Waals surface area contributed by atoms with Crippen molar-refractivity contribution >= 4 is 19.0 Å². The minimum atomic E-state index is -0.831. The van der Waals surface area contributed by atoms with E-state index in [1.165, 1.54) is 11.1 Å². The normalized spacial score (nSPS) is 19.1. The summed E-state index contributed by atoms with van der Waals surface area (Å²) in [4.78, 5) is 24.9. The standard InChI is InChI=1S/C20H28BO3/c1-7-24-18(23)16(21-6)17(22)13-8-9-14-15(12-13)20(4,5)11-10-19(14,2)3/h8-9,12,16H,7,10-11H2,1-6H3. The highest BCUT2D eigenvalue weighted by atomic mass is 16.5. The van der Waals surface area contributed by atoms with Gasteiger partial charge in [-0.2, -0.15) is 0 Å². The van der Waals surface area contributed by atoms with Gasteiger partial charge in [0.25, 0.3) is 0 Å². The minimum absolute atomic E-state index is 0.0382. The van der Waals surface area contributed by atoms with Crippen LogP contribution in [0, 0.1) is 0 Å².